The van der Waals surface area contributed by atoms with Gasteiger partial charge in [0.25, 0.3) is 0 Å². The van der Waals surface area contributed by atoms with Gasteiger partial charge in [0.1, 0.15) is 6.23 Å². The standard InChI is InChI=1S/C9H17NO/c1-6-2-3-7-5-10-9(11)8(7)4-6/h6-11H,2-5H2,1H3. The number of hydrogen-bond acceptors (Lipinski definition) is 2. The smallest absolute Gasteiger partial charge is 0.108 e. The average Bonchev–Trinajstić information content (AvgIpc) is 2.33. The Kier molecular flexibility index (Phi) is 1.90. The Bertz CT molecular complexity index is 148. The first-order valence-electron chi connectivity index (χ1n) is 4.69. The van der Waals surface area contributed by atoms with Crippen molar-refractivity contribution in [1.29, 1.82) is 0 Å². The van der Waals surface area contributed by atoms with Gasteiger partial charge in [-0.3, -0.25) is 5.32 Å². The highest BCUT2D eigenvalue weighted by Gasteiger charge is 2.37. The molecule has 2 fully saturated rings. The van der Waals surface area contributed by atoms with Crippen molar-refractivity contribution in [3.63, 3.8) is 0 Å². The van der Waals surface area contributed by atoms with Crippen molar-refractivity contribution in [2.45, 2.75) is 32.4 Å². The highest BCUT2D eigenvalue weighted by atomic mass is 16.3. The number of hydrogen-bond donors (Lipinski definition) is 2. The summed E-state index contributed by atoms with van der Waals surface area (Å²) in [6, 6.07) is 0. The molecule has 1 heterocycles. The fourth-order valence-electron chi connectivity index (χ4n) is 2.55. The number of nitrogens with one attached hydrogen (secondary N) is 1. The number of fused-ring (bicyclic) bond motifs is 1. The summed E-state index contributed by atoms with van der Waals surface area (Å²) in [5, 5.41) is 12.7. The highest BCUT2D eigenvalue weighted by molar-refractivity contribution is 4.88. The molecule has 0 aromatic carbocycles. The number of aliphatic hydroxyl groups is 1. The molecule has 2 nitrogen and oxygen atoms in total. The van der Waals surface area contributed by atoms with Crippen LogP contribution in [0.2, 0.25) is 0 Å². The molecule has 2 N–H and O–H groups in total. The van der Waals surface area contributed by atoms with Gasteiger partial charge in [-0.1, -0.05) is 13.3 Å². The Hall–Kier alpha value is -0.0800. The van der Waals surface area contributed by atoms with Gasteiger partial charge in [-0.15, -0.1) is 0 Å². The second-order valence-electron chi connectivity index (χ2n) is 4.20. The summed E-state index contributed by atoms with van der Waals surface area (Å²) in [5.41, 5.74) is 0. The molecule has 0 aromatic heterocycles. The first kappa shape index (κ1) is 7.56. The lowest BCUT2D eigenvalue weighted by Crippen LogP contribution is -2.29. The zero-order valence-corrected chi connectivity index (χ0v) is 7.09. The summed E-state index contributed by atoms with van der Waals surface area (Å²) in [7, 11) is 0. The van der Waals surface area contributed by atoms with Crippen LogP contribution in [0.1, 0.15) is 26.2 Å². The van der Waals surface area contributed by atoms with Crippen molar-refractivity contribution in [3.05, 3.63) is 0 Å². The maximum absolute atomic E-state index is 9.53. The van der Waals surface area contributed by atoms with Gasteiger partial charge in [0.05, 0.1) is 0 Å². The van der Waals surface area contributed by atoms with E-state index in [1.807, 2.05) is 0 Å². The van der Waals surface area contributed by atoms with Crippen molar-refractivity contribution in [2.75, 3.05) is 6.54 Å². The largest absolute Gasteiger partial charge is 0.378 e. The van der Waals surface area contributed by atoms with Gasteiger partial charge < -0.3 is 5.11 Å². The third kappa shape index (κ3) is 1.30. The molecule has 2 heteroatoms. The van der Waals surface area contributed by atoms with Crippen LogP contribution in [0.3, 0.4) is 0 Å². The van der Waals surface area contributed by atoms with E-state index in [0.717, 1.165) is 18.4 Å². The molecule has 0 bridgehead atoms. The summed E-state index contributed by atoms with van der Waals surface area (Å²) in [4.78, 5) is 0. The molecule has 0 radical (unpaired) electrons. The van der Waals surface area contributed by atoms with E-state index in [1.165, 1.54) is 19.3 Å². The molecule has 1 aliphatic heterocycles. The highest BCUT2D eigenvalue weighted by Crippen LogP contribution is 2.37. The minimum absolute atomic E-state index is 0.206. The molecule has 0 aromatic rings. The van der Waals surface area contributed by atoms with Crippen molar-refractivity contribution in [3.8, 4) is 0 Å². The summed E-state index contributed by atoms with van der Waals surface area (Å²) in [5.74, 6) is 2.14. The Morgan fingerprint density at radius 2 is 2.18 bits per heavy atom. The van der Waals surface area contributed by atoms with Gasteiger partial charge >= 0.3 is 0 Å². The monoisotopic (exact) mass is 155 g/mol. The predicted octanol–water partition coefficient (Wildman–Crippen LogP) is 0.960. The van der Waals surface area contributed by atoms with E-state index in [9.17, 15) is 5.11 Å². The third-order valence-corrected chi connectivity index (χ3v) is 3.31. The molecule has 4 atom stereocenters. The molecule has 1 saturated heterocycles. The third-order valence-electron chi connectivity index (χ3n) is 3.31. The molecular weight excluding hydrogens is 138 g/mol. The van der Waals surface area contributed by atoms with E-state index in [-0.39, 0.29) is 6.23 Å². The Labute approximate surface area is 68.0 Å². The van der Waals surface area contributed by atoms with Gasteiger partial charge in [0.2, 0.25) is 0 Å². The molecule has 1 aliphatic carbocycles. The second kappa shape index (κ2) is 2.76. The van der Waals surface area contributed by atoms with Gasteiger partial charge in [0.15, 0.2) is 0 Å². The minimum atomic E-state index is -0.206. The predicted molar refractivity (Wildman–Crippen MR) is 44.0 cm³/mol. The van der Waals surface area contributed by atoms with Crippen LogP contribution in [0.25, 0.3) is 0 Å². The van der Waals surface area contributed by atoms with Crippen LogP contribution in [0, 0.1) is 17.8 Å². The first-order valence-corrected chi connectivity index (χ1v) is 4.69. The van der Waals surface area contributed by atoms with E-state index in [4.69, 9.17) is 0 Å². The molecular formula is C9H17NO. The summed E-state index contributed by atoms with van der Waals surface area (Å²) < 4.78 is 0. The molecule has 4 unspecified atom stereocenters. The molecule has 1 saturated carbocycles. The van der Waals surface area contributed by atoms with Gasteiger partial charge in [0, 0.05) is 12.5 Å². The van der Waals surface area contributed by atoms with Gasteiger partial charge in [-0.05, 0) is 24.7 Å². The lowest BCUT2D eigenvalue weighted by Gasteiger charge is -2.30. The normalized spacial score (nSPS) is 50.7. The lowest BCUT2D eigenvalue weighted by atomic mass is 9.76. The SMILES string of the molecule is CC1CCC2CNC(O)C2C1. The Morgan fingerprint density at radius 1 is 1.36 bits per heavy atom. The molecule has 64 valence electrons. The summed E-state index contributed by atoms with van der Waals surface area (Å²) in [6.07, 6.45) is 3.69. The van der Waals surface area contributed by atoms with Gasteiger partial charge in [-0.2, -0.15) is 0 Å². The van der Waals surface area contributed by atoms with Crippen molar-refractivity contribution in [1.82, 2.24) is 5.32 Å². The van der Waals surface area contributed by atoms with Gasteiger partial charge in [-0.25, -0.2) is 0 Å². The van der Waals surface area contributed by atoms with E-state index in [2.05, 4.69) is 12.2 Å². The van der Waals surface area contributed by atoms with Crippen molar-refractivity contribution >= 4 is 0 Å². The number of rotatable bonds is 0. The topological polar surface area (TPSA) is 32.3 Å². The fourth-order valence-corrected chi connectivity index (χ4v) is 2.55. The molecule has 0 amide bonds. The zero-order chi connectivity index (χ0) is 7.84. The number of aliphatic hydroxyl groups excluding tert-OH is 1. The van der Waals surface area contributed by atoms with Crippen LogP contribution in [0.5, 0.6) is 0 Å². The molecule has 0 spiro atoms. The van der Waals surface area contributed by atoms with Crippen LogP contribution < -0.4 is 5.32 Å². The summed E-state index contributed by atoms with van der Waals surface area (Å²) in [6.45, 7) is 3.33. The van der Waals surface area contributed by atoms with E-state index in [0.29, 0.717) is 5.92 Å². The van der Waals surface area contributed by atoms with Crippen LogP contribution in [-0.2, 0) is 0 Å². The maximum atomic E-state index is 9.53. The maximum Gasteiger partial charge on any atom is 0.108 e. The lowest BCUT2D eigenvalue weighted by molar-refractivity contribution is 0.0690. The second-order valence-corrected chi connectivity index (χ2v) is 4.20. The quantitative estimate of drug-likeness (QED) is 0.546. The molecule has 11 heavy (non-hydrogen) atoms. The Balaban J connectivity index is 2.01. The molecule has 2 rings (SSSR count). The van der Waals surface area contributed by atoms with Crippen LogP contribution in [0.4, 0.5) is 0 Å². The minimum Gasteiger partial charge on any atom is -0.378 e. The molecule has 2 aliphatic rings. The first-order chi connectivity index (χ1) is 5.27. The van der Waals surface area contributed by atoms with Crippen LogP contribution in [0.15, 0.2) is 0 Å². The Morgan fingerprint density at radius 3 is 3.00 bits per heavy atom. The van der Waals surface area contributed by atoms with E-state index < -0.39 is 0 Å². The van der Waals surface area contributed by atoms with Crippen LogP contribution >= 0.6 is 0 Å². The summed E-state index contributed by atoms with van der Waals surface area (Å²) >= 11 is 0. The zero-order valence-electron chi connectivity index (χ0n) is 7.09. The average molecular weight is 155 g/mol. The van der Waals surface area contributed by atoms with Crippen molar-refractivity contribution in [2.24, 2.45) is 17.8 Å². The van der Waals surface area contributed by atoms with Crippen molar-refractivity contribution < 1.29 is 5.11 Å². The van der Waals surface area contributed by atoms with Crippen LogP contribution in [-0.4, -0.2) is 17.9 Å². The van der Waals surface area contributed by atoms with E-state index in [1.54, 1.807) is 0 Å². The van der Waals surface area contributed by atoms with E-state index >= 15 is 0 Å². The fraction of sp³-hybridized carbons (Fsp3) is 1.00.